The van der Waals surface area contributed by atoms with Crippen molar-refractivity contribution in [2.24, 2.45) is 0 Å². The first-order valence-corrected chi connectivity index (χ1v) is 12.5. The zero-order chi connectivity index (χ0) is 24.0. The minimum absolute atomic E-state index is 0.467. The van der Waals surface area contributed by atoms with E-state index >= 15 is 0 Å². The van der Waals surface area contributed by atoms with Crippen LogP contribution in [0.15, 0.2) is 110 Å². The SMILES string of the molecule is C=Cc1ccc(N(c2ccc(C=C)cc2)C2CCC(c3cccc(-c4ccccn4)c3)CC2)cc1. The highest BCUT2D eigenvalue weighted by Crippen LogP contribution is 2.40. The molecule has 174 valence electrons. The number of hydrogen-bond acceptors (Lipinski definition) is 2. The molecule has 4 aromatic rings. The Balaban J connectivity index is 1.37. The second kappa shape index (κ2) is 10.6. The zero-order valence-electron chi connectivity index (χ0n) is 20.2. The summed E-state index contributed by atoms with van der Waals surface area (Å²) in [5.41, 5.74) is 8.45. The van der Waals surface area contributed by atoms with E-state index in [1.165, 1.54) is 35.3 Å². The van der Waals surface area contributed by atoms with Gasteiger partial charge in [0.2, 0.25) is 0 Å². The topological polar surface area (TPSA) is 16.1 Å². The lowest BCUT2D eigenvalue weighted by Gasteiger charge is -2.39. The molecule has 0 saturated heterocycles. The molecule has 0 amide bonds. The standard InChI is InChI=1S/C33H32N2/c1-3-25-11-17-30(18-12-25)35(31-19-13-26(4-2)14-20-31)32-21-15-27(16-22-32)28-8-7-9-29(24-28)33-10-5-6-23-34-33/h3-14,17-20,23-24,27,32H,1-2,15-16,21-22H2. The van der Waals surface area contributed by atoms with Crippen LogP contribution in [0.5, 0.6) is 0 Å². The molecule has 1 fully saturated rings. The lowest BCUT2D eigenvalue weighted by molar-refractivity contribution is 0.392. The van der Waals surface area contributed by atoms with E-state index in [0.717, 1.165) is 29.7 Å². The van der Waals surface area contributed by atoms with Crippen LogP contribution in [-0.2, 0) is 0 Å². The second-order valence-corrected chi connectivity index (χ2v) is 9.31. The molecule has 2 heteroatoms. The van der Waals surface area contributed by atoms with Gasteiger partial charge in [-0.1, -0.05) is 73.8 Å². The predicted octanol–water partition coefficient (Wildman–Crippen LogP) is 8.90. The van der Waals surface area contributed by atoms with E-state index in [-0.39, 0.29) is 0 Å². The summed E-state index contributed by atoms with van der Waals surface area (Å²) in [5, 5.41) is 0. The van der Waals surface area contributed by atoms with Gasteiger partial charge < -0.3 is 4.90 Å². The highest BCUT2D eigenvalue weighted by Gasteiger charge is 2.28. The molecule has 1 heterocycles. The molecule has 0 N–H and O–H groups in total. The van der Waals surface area contributed by atoms with Crippen LogP contribution in [0.4, 0.5) is 11.4 Å². The first-order chi connectivity index (χ1) is 17.2. The van der Waals surface area contributed by atoms with Crippen molar-refractivity contribution < 1.29 is 0 Å². The summed E-state index contributed by atoms with van der Waals surface area (Å²) in [6, 6.07) is 33.1. The van der Waals surface area contributed by atoms with Crippen molar-refractivity contribution >= 4 is 23.5 Å². The Kier molecular flexibility index (Phi) is 6.90. The van der Waals surface area contributed by atoms with E-state index in [2.05, 4.69) is 108 Å². The van der Waals surface area contributed by atoms with Crippen molar-refractivity contribution in [2.45, 2.75) is 37.6 Å². The van der Waals surface area contributed by atoms with Crippen LogP contribution >= 0.6 is 0 Å². The van der Waals surface area contributed by atoms with Crippen molar-refractivity contribution in [3.63, 3.8) is 0 Å². The maximum atomic E-state index is 4.54. The molecule has 2 nitrogen and oxygen atoms in total. The summed E-state index contributed by atoms with van der Waals surface area (Å²) in [6.45, 7) is 7.82. The normalized spacial score (nSPS) is 17.5. The first kappa shape index (κ1) is 22.9. The number of anilines is 2. The van der Waals surface area contributed by atoms with Crippen LogP contribution in [-0.4, -0.2) is 11.0 Å². The minimum atomic E-state index is 0.467. The van der Waals surface area contributed by atoms with E-state index in [1.807, 2.05) is 24.4 Å². The highest BCUT2D eigenvalue weighted by atomic mass is 15.2. The molecule has 1 saturated carbocycles. The smallest absolute Gasteiger partial charge is 0.0702 e. The number of nitrogens with zero attached hydrogens (tertiary/aromatic N) is 2. The van der Waals surface area contributed by atoms with Gasteiger partial charge in [0.05, 0.1) is 5.69 Å². The average molecular weight is 457 g/mol. The maximum Gasteiger partial charge on any atom is 0.0702 e. The molecule has 1 aliphatic carbocycles. The molecule has 0 atom stereocenters. The van der Waals surface area contributed by atoms with Gasteiger partial charge in [-0.2, -0.15) is 0 Å². The zero-order valence-corrected chi connectivity index (χ0v) is 20.2. The van der Waals surface area contributed by atoms with E-state index in [4.69, 9.17) is 0 Å². The molecule has 0 aliphatic heterocycles. The summed E-state index contributed by atoms with van der Waals surface area (Å²) >= 11 is 0. The number of hydrogen-bond donors (Lipinski definition) is 0. The quantitative estimate of drug-likeness (QED) is 0.276. The summed E-state index contributed by atoms with van der Waals surface area (Å²) in [6.07, 6.45) is 10.3. The fourth-order valence-corrected chi connectivity index (χ4v) is 5.27. The van der Waals surface area contributed by atoms with Crippen molar-refractivity contribution in [2.75, 3.05) is 4.90 Å². The third-order valence-electron chi connectivity index (χ3n) is 7.19. The summed E-state index contributed by atoms with van der Waals surface area (Å²) in [4.78, 5) is 7.07. The molecule has 0 bridgehead atoms. The van der Waals surface area contributed by atoms with Crippen LogP contribution < -0.4 is 4.90 Å². The molecule has 35 heavy (non-hydrogen) atoms. The fourth-order valence-electron chi connectivity index (χ4n) is 5.27. The number of pyridine rings is 1. The lowest BCUT2D eigenvalue weighted by atomic mass is 9.80. The van der Waals surface area contributed by atoms with Gasteiger partial charge >= 0.3 is 0 Å². The Labute approximate surface area is 209 Å². The Hall–Kier alpha value is -3.91. The van der Waals surface area contributed by atoms with E-state index in [0.29, 0.717) is 12.0 Å². The van der Waals surface area contributed by atoms with Gasteiger partial charge in [-0.25, -0.2) is 0 Å². The Morgan fingerprint density at radius 2 is 1.31 bits per heavy atom. The third-order valence-corrected chi connectivity index (χ3v) is 7.19. The van der Waals surface area contributed by atoms with Gasteiger partial charge in [-0.05, 0) is 90.8 Å². The van der Waals surface area contributed by atoms with E-state index < -0.39 is 0 Å². The van der Waals surface area contributed by atoms with Crippen molar-refractivity contribution in [1.82, 2.24) is 4.98 Å². The van der Waals surface area contributed by atoms with Gasteiger partial charge in [0.15, 0.2) is 0 Å². The molecular formula is C33H32N2. The molecule has 0 spiro atoms. The molecule has 1 aliphatic rings. The van der Waals surface area contributed by atoms with Gasteiger partial charge in [-0.15, -0.1) is 0 Å². The number of aromatic nitrogens is 1. The van der Waals surface area contributed by atoms with Crippen molar-refractivity contribution in [1.29, 1.82) is 0 Å². The van der Waals surface area contributed by atoms with Crippen molar-refractivity contribution in [3.05, 3.63) is 127 Å². The highest BCUT2D eigenvalue weighted by molar-refractivity contribution is 5.67. The molecule has 5 rings (SSSR count). The molecule has 1 aromatic heterocycles. The van der Waals surface area contributed by atoms with Gasteiger partial charge in [0, 0.05) is 29.2 Å². The minimum Gasteiger partial charge on any atom is -0.338 e. The number of rotatable bonds is 7. The monoisotopic (exact) mass is 456 g/mol. The van der Waals surface area contributed by atoms with Crippen LogP contribution in [0.1, 0.15) is 48.3 Å². The van der Waals surface area contributed by atoms with Crippen LogP contribution in [0.3, 0.4) is 0 Å². The van der Waals surface area contributed by atoms with Crippen LogP contribution in [0.25, 0.3) is 23.4 Å². The summed E-state index contributed by atoms with van der Waals surface area (Å²) in [5.74, 6) is 0.586. The summed E-state index contributed by atoms with van der Waals surface area (Å²) < 4.78 is 0. The average Bonchev–Trinajstić information content (AvgIpc) is 2.95. The van der Waals surface area contributed by atoms with E-state index in [1.54, 1.807) is 0 Å². The maximum absolute atomic E-state index is 4.54. The fraction of sp³-hybridized carbons (Fsp3) is 0.182. The first-order valence-electron chi connectivity index (χ1n) is 12.5. The Morgan fingerprint density at radius 1 is 0.686 bits per heavy atom. The van der Waals surface area contributed by atoms with Gasteiger partial charge in [-0.3, -0.25) is 4.98 Å². The third kappa shape index (κ3) is 5.12. The van der Waals surface area contributed by atoms with Crippen LogP contribution in [0.2, 0.25) is 0 Å². The number of benzene rings is 3. The predicted molar refractivity (Wildman–Crippen MR) is 150 cm³/mol. The Bertz CT molecular complexity index is 1210. The Morgan fingerprint density at radius 3 is 1.86 bits per heavy atom. The molecule has 0 radical (unpaired) electrons. The second-order valence-electron chi connectivity index (χ2n) is 9.31. The lowest BCUT2D eigenvalue weighted by Crippen LogP contribution is -2.34. The van der Waals surface area contributed by atoms with Crippen molar-refractivity contribution in [3.8, 4) is 11.3 Å². The summed E-state index contributed by atoms with van der Waals surface area (Å²) in [7, 11) is 0. The van der Waals surface area contributed by atoms with Crippen LogP contribution in [0, 0.1) is 0 Å². The molecular weight excluding hydrogens is 424 g/mol. The molecule has 0 unspecified atom stereocenters. The largest absolute Gasteiger partial charge is 0.338 e. The van der Waals surface area contributed by atoms with E-state index in [9.17, 15) is 0 Å². The van der Waals surface area contributed by atoms with Gasteiger partial charge in [0.25, 0.3) is 0 Å². The molecule has 3 aromatic carbocycles. The van der Waals surface area contributed by atoms with Gasteiger partial charge in [0.1, 0.15) is 0 Å².